The number of rotatable bonds is 5. The number of carbonyl (C=O) groups excluding carboxylic acids is 2. The summed E-state index contributed by atoms with van der Waals surface area (Å²) in [5, 5.41) is 3.24. The summed E-state index contributed by atoms with van der Waals surface area (Å²) in [4.78, 5) is 25.1. The van der Waals surface area contributed by atoms with Gasteiger partial charge < -0.3 is 10.2 Å². The standard InChI is InChI=1S/C14H16BrFN2O2/c1-8(2)17-4-3-5-18-12-7-11(16)10(15)6-9(12)13(19)14(18)20/h6-8,17H,3-5H2,1-2H3. The fraction of sp³-hybridized carbons (Fsp3) is 0.429. The second-order valence-electron chi connectivity index (χ2n) is 5.03. The number of hydrogen-bond donors (Lipinski definition) is 1. The van der Waals surface area contributed by atoms with Crippen LogP contribution in [0.25, 0.3) is 0 Å². The molecule has 0 bridgehead atoms. The van der Waals surface area contributed by atoms with Crippen LogP contribution >= 0.6 is 15.9 Å². The quantitative estimate of drug-likeness (QED) is 0.660. The van der Waals surface area contributed by atoms with Gasteiger partial charge in [0.05, 0.1) is 15.7 Å². The lowest BCUT2D eigenvalue weighted by atomic mass is 10.1. The normalized spacial score (nSPS) is 14.3. The van der Waals surface area contributed by atoms with Crippen molar-refractivity contribution >= 4 is 33.3 Å². The molecule has 0 fully saturated rings. The van der Waals surface area contributed by atoms with E-state index in [9.17, 15) is 14.0 Å². The largest absolute Gasteiger partial charge is 0.314 e. The van der Waals surface area contributed by atoms with Crippen LogP contribution in [0, 0.1) is 5.82 Å². The molecule has 0 spiro atoms. The lowest BCUT2D eigenvalue weighted by molar-refractivity contribution is -0.114. The number of benzene rings is 1. The van der Waals surface area contributed by atoms with Crippen molar-refractivity contribution in [3.63, 3.8) is 0 Å². The molecule has 0 saturated heterocycles. The second kappa shape index (κ2) is 6.01. The molecule has 2 rings (SSSR count). The fourth-order valence-corrected chi connectivity index (χ4v) is 2.48. The topological polar surface area (TPSA) is 49.4 Å². The Balaban J connectivity index is 2.14. The monoisotopic (exact) mass is 342 g/mol. The van der Waals surface area contributed by atoms with Gasteiger partial charge in [0.2, 0.25) is 0 Å². The van der Waals surface area contributed by atoms with E-state index in [1.165, 1.54) is 17.0 Å². The van der Waals surface area contributed by atoms with Crippen molar-refractivity contribution in [2.45, 2.75) is 26.3 Å². The maximum Gasteiger partial charge on any atom is 0.299 e. The molecule has 0 aliphatic carbocycles. The number of fused-ring (bicyclic) bond motifs is 1. The van der Waals surface area contributed by atoms with Crippen LogP contribution in [0.1, 0.15) is 30.6 Å². The van der Waals surface area contributed by atoms with E-state index in [1.807, 2.05) is 13.8 Å². The van der Waals surface area contributed by atoms with Gasteiger partial charge >= 0.3 is 0 Å². The first-order chi connectivity index (χ1) is 9.41. The minimum atomic E-state index is -0.581. The summed E-state index contributed by atoms with van der Waals surface area (Å²) in [6.07, 6.45) is 0.703. The minimum Gasteiger partial charge on any atom is -0.314 e. The first-order valence-electron chi connectivity index (χ1n) is 6.50. The molecule has 4 nitrogen and oxygen atoms in total. The lowest BCUT2D eigenvalue weighted by Gasteiger charge is -2.17. The molecule has 1 aromatic rings. The predicted octanol–water partition coefficient (Wildman–Crippen LogP) is 2.51. The van der Waals surface area contributed by atoms with Gasteiger partial charge in [0.25, 0.3) is 11.7 Å². The van der Waals surface area contributed by atoms with Gasteiger partial charge in [-0.1, -0.05) is 13.8 Å². The number of nitrogens with one attached hydrogen (secondary N) is 1. The number of carbonyl (C=O) groups is 2. The SMILES string of the molecule is CC(C)NCCCN1C(=O)C(=O)c2cc(Br)c(F)cc21. The highest BCUT2D eigenvalue weighted by Crippen LogP contribution is 2.33. The zero-order valence-electron chi connectivity index (χ0n) is 11.4. The fourth-order valence-electron chi connectivity index (χ4n) is 2.14. The maximum absolute atomic E-state index is 13.6. The Morgan fingerprint density at radius 2 is 2.05 bits per heavy atom. The number of Topliss-reactive ketones (excluding diaryl/α,β-unsaturated/α-hetero) is 1. The van der Waals surface area contributed by atoms with Gasteiger partial charge in [-0.15, -0.1) is 0 Å². The molecule has 6 heteroatoms. The Bertz CT molecular complexity index is 560. The molecule has 1 aliphatic heterocycles. The molecule has 1 aliphatic rings. The van der Waals surface area contributed by atoms with Crippen molar-refractivity contribution in [2.75, 3.05) is 18.0 Å². The van der Waals surface area contributed by atoms with Crippen LogP contribution in [-0.4, -0.2) is 30.8 Å². The number of nitrogens with zero attached hydrogens (tertiary/aromatic N) is 1. The summed E-state index contributed by atoms with van der Waals surface area (Å²) in [5.41, 5.74) is 0.630. The zero-order chi connectivity index (χ0) is 14.9. The predicted molar refractivity (Wildman–Crippen MR) is 78.5 cm³/mol. The highest BCUT2D eigenvalue weighted by atomic mass is 79.9. The molecule has 0 aromatic heterocycles. The third kappa shape index (κ3) is 2.91. The molecule has 1 amide bonds. The first kappa shape index (κ1) is 15.1. The van der Waals surface area contributed by atoms with Crippen LogP contribution in [-0.2, 0) is 4.79 Å². The van der Waals surface area contributed by atoms with Gasteiger partial charge in [0.15, 0.2) is 0 Å². The summed E-state index contributed by atoms with van der Waals surface area (Å²) in [5.74, 6) is -1.63. The zero-order valence-corrected chi connectivity index (χ0v) is 13.0. The Labute approximate surface area is 125 Å². The Morgan fingerprint density at radius 3 is 2.70 bits per heavy atom. The van der Waals surface area contributed by atoms with Crippen molar-refractivity contribution in [2.24, 2.45) is 0 Å². The van der Waals surface area contributed by atoms with Gasteiger partial charge in [-0.3, -0.25) is 9.59 Å². The average molecular weight is 343 g/mol. The number of ketones is 1. The van der Waals surface area contributed by atoms with Gasteiger partial charge in [0.1, 0.15) is 5.82 Å². The highest BCUT2D eigenvalue weighted by molar-refractivity contribution is 9.10. The second-order valence-corrected chi connectivity index (χ2v) is 5.89. The minimum absolute atomic E-state index is 0.195. The average Bonchev–Trinajstić information content (AvgIpc) is 2.60. The van der Waals surface area contributed by atoms with Crippen LogP contribution in [0.3, 0.4) is 0 Å². The molecule has 0 atom stereocenters. The Morgan fingerprint density at radius 1 is 1.35 bits per heavy atom. The molecule has 0 radical (unpaired) electrons. The van der Waals surface area contributed by atoms with E-state index < -0.39 is 17.5 Å². The molecule has 0 saturated carbocycles. The van der Waals surface area contributed by atoms with E-state index in [0.29, 0.717) is 24.7 Å². The highest BCUT2D eigenvalue weighted by Gasteiger charge is 2.36. The van der Waals surface area contributed by atoms with E-state index >= 15 is 0 Å². The van der Waals surface area contributed by atoms with E-state index in [2.05, 4.69) is 21.2 Å². The molecule has 1 N–H and O–H groups in total. The van der Waals surface area contributed by atoms with Gasteiger partial charge in [-0.05, 0) is 41.0 Å². The van der Waals surface area contributed by atoms with Crippen molar-refractivity contribution in [1.29, 1.82) is 0 Å². The summed E-state index contributed by atoms with van der Waals surface area (Å²) in [7, 11) is 0. The smallest absolute Gasteiger partial charge is 0.299 e. The van der Waals surface area contributed by atoms with E-state index in [4.69, 9.17) is 0 Å². The molecule has 108 valence electrons. The molecule has 0 unspecified atom stereocenters. The van der Waals surface area contributed by atoms with E-state index in [0.717, 1.165) is 6.54 Å². The Hall–Kier alpha value is -1.27. The molecule has 1 aromatic carbocycles. The van der Waals surface area contributed by atoms with Crippen molar-refractivity contribution in [3.05, 3.63) is 28.0 Å². The van der Waals surface area contributed by atoms with Crippen molar-refractivity contribution in [3.8, 4) is 0 Å². The van der Waals surface area contributed by atoms with Crippen LogP contribution < -0.4 is 10.2 Å². The summed E-state index contributed by atoms with van der Waals surface area (Å²) in [6, 6.07) is 2.97. The summed E-state index contributed by atoms with van der Waals surface area (Å²) < 4.78 is 13.8. The first-order valence-corrected chi connectivity index (χ1v) is 7.29. The summed E-state index contributed by atoms with van der Waals surface area (Å²) in [6.45, 7) is 5.21. The Kier molecular flexibility index (Phi) is 4.55. The van der Waals surface area contributed by atoms with Crippen molar-refractivity contribution < 1.29 is 14.0 Å². The van der Waals surface area contributed by atoms with Crippen LogP contribution in [0.4, 0.5) is 10.1 Å². The number of anilines is 1. The van der Waals surface area contributed by atoms with Crippen LogP contribution in [0.2, 0.25) is 0 Å². The molecular weight excluding hydrogens is 327 g/mol. The van der Waals surface area contributed by atoms with Crippen LogP contribution in [0.15, 0.2) is 16.6 Å². The third-order valence-electron chi connectivity index (χ3n) is 3.12. The summed E-state index contributed by atoms with van der Waals surface area (Å²) >= 11 is 3.03. The van der Waals surface area contributed by atoms with Crippen LogP contribution in [0.5, 0.6) is 0 Å². The van der Waals surface area contributed by atoms with Gasteiger partial charge in [0, 0.05) is 12.6 Å². The maximum atomic E-state index is 13.6. The van der Waals surface area contributed by atoms with Gasteiger partial charge in [-0.2, -0.15) is 0 Å². The number of hydrogen-bond acceptors (Lipinski definition) is 3. The van der Waals surface area contributed by atoms with Crippen molar-refractivity contribution in [1.82, 2.24) is 5.32 Å². The number of halogens is 2. The third-order valence-corrected chi connectivity index (χ3v) is 3.73. The van der Waals surface area contributed by atoms with Gasteiger partial charge in [-0.25, -0.2) is 4.39 Å². The van der Waals surface area contributed by atoms with E-state index in [1.54, 1.807) is 0 Å². The molecular formula is C14H16BrFN2O2. The molecule has 1 heterocycles. The van der Waals surface area contributed by atoms with E-state index in [-0.39, 0.29) is 10.0 Å². The number of amides is 1. The lowest BCUT2D eigenvalue weighted by Crippen LogP contribution is -2.33. The molecule has 20 heavy (non-hydrogen) atoms.